The lowest BCUT2D eigenvalue weighted by Crippen LogP contribution is -2.59. The Labute approximate surface area is 215 Å². The predicted molar refractivity (Wildman–Crippen MR) is 145 cm³/mol. The van der Waals surface area contributed by atoms with Gasteiger partial charge < -0.3 is 31.2 Å². The van der Waals surface area contributed by atoms with E-state index in [4.69, 9.17) is 0 Å². The smallest absolute Gasteiger partial charge is 0.244 e. The minimum absolute atomic E-state index is 0.265. The Bertz CT molecular complexity index is 1420. The SMILES string of the molecule is CNC(C)(C)C(=O)N[C@H](Cc1c[nH]c2ccccc12)C(=O)N[C@H](Cc1c[nH]c2ccccc12)NC(C)=O. The quantitative estimate of drug-likeness (QED) is 0.186. The molecule has 0 saturated heterocycles. The summed E-state index contributed by atoms with van der Waals surface area (Å²) in [4.78, 5) is 45.1. The summed E-state index contributed by atoms with van der Waals surface area (Å²) >= 11 is 0. The van der Waals surface area contributed by atoms with Crippen LogP contribution in [0.5, 0.6) is 0 Å². The summed E-state index contributed by atoms with van der Waals surface area (Å²) < 4.78 is 0. The van der Waals surface area contributed by atoms with Crippen molar-refractivity contribution in [2.24, 2.45) is 0 Å². The van der Waals surface area contributed by atoms with Gasteiger partial charge in [0, 0.05) is 54.0 Å². The molecular weight excluding hydrogens is 468 g/mol. The molecule has 0 saturated carbocycles. The van der Waals surface area contributed by atoms with Gasteiger partial charge in [-0.05, 0) is 44.2 Å². The van der Waals surface area contributed by atoms with Crippen LogP contribution in [0.1, 0.15) is 31.9 Å². The fourth-order valence-electron chi connectivity index (χ4n) is 4.36. The van der Waals surface area contributed by atoms with E-state index >= 15 is 0 Å². The van der Waals surface area contributed by atoms with E-state index in [0.717, 1.165) is 32.9 Å². The summed E-state index contributed by atoms with van der Waals surface area (Å²) in [6.07, 6.45) is 3.74. The summed E-state index contributed by atoms with van der Waals surface area (Å²) in [6, 6.07) is 14.8. The van der Waals surface area contributed by atoms with E-state index in [1.165, 1.54) is 6.92 Å². The Morgan fingerprint density at radius 1 is 0.811 bits per heavy atom. The van der Waals surface area contributed by atoms with Crippen molar-refractivity contribution in [3.05, 3.63) is 72.1 Å². The largest absolute Gasteiger partial charge is 0.361 e. The second-order valence-corrected chi connectivity index (χ2v) is 9.79. The summed E-state index contributed by atoms with van der Waals surface area (Å²) in [5.41, 5.74) is 2.92. The fraction of sp³-hybridized carbons (Fsp3) is 0.321. The number of para-hydroxylation sites is 2. The lowest BCUT2D eigenvalue weighted by molar-refractivity contribution is -0.132. The van der Waals surface area contributed by atoms with Crippen LogP contribution in [0.25, 0.3) is 21.8 Å². The highest BCUT2D eigenvalue weighted by atomic mass is 16.2. The van der Waals surface area contributed by atoms with Gasteiger partial charge in [0.15, 0.2) is 0 Å². The predicted octanol–water partition coefficient (Wildman–Crippen LogP) is 2.50. The molecule has 0 aliphatic heterocycles. The van der Waals surface area contributed by atoms with Crippen LogP contribution < -0.4 is 21.3 Å². The number of benzene rings is 2. The normalized spacial score (nSPS) is 13.3. The van der Waals surface area contributed by atoms with Crippen LogP contribution in [-0.2, 0) is 27.2 Å². The van der Waals surface area contributed by atoms with E-state index < -0.39 is 17.7 Å². The molecule has 2 aromatic carbocycles. The highest BCUT2D eigenvalue weighted by Gasteiger charge is 2.31. The highest BCUT2D eigenvalue weighted by Crippen LogP contribution is 2.21. The molecule has 6 N–H and O–H groups in total. The van der Waals surface area contributed by atoms with E-state index in [1.807, 2.05) is 60.9 Å². The molecule has 3 amide bonds. The van der Waals surface area contributed by atoms with Crippen LogP contribution in [0, 0.1) is 0 Å². The molecule has 0 bridgehead atoms. The number of H-pyrrole nitrogens is 2. The molecule has 194 valence electrons. The van der Waals surface area contributed by atoms with Crippen molar-refractivity contribution in [3.63, 3.8) is 0 Å². The molecule has 2 aromatic heterocycles. The molecule has 4 rings (SSSR count). The van der Waals surface area contributed by atoms with Gasteiger partial charge in [-0.25, -0.2) is 0 Å². The van der Waals surface area contributed by atoms with Crippen molar-refractivity contribution in [3.8, 4) is 0 Å². The molecule has 0 unspecified atom stereocenters. The van der Waals surface area contributed by atoms with Crippen LogP contribution in [0.15, 0.2) is 60.9 Å². The maximum atomic E-state index is 13.6. The molecule has 37 heavy (non-hydrogen) atoms. The number of nitrogens with one attached hydrogen (secondary N) is 6. The number of aromatic nitrogens is 2. The number of carbonyl (C=O) groups excluding carboxylic acids is 3. The summed E-state index contributed by atoms with van der Waals surface area (Å²) in [6.45, 7) is 4.91. The van der Waals surface area contributed by atoms with Crippen molar-refractivity contribution in [2.75, 3.05) is 7.05 Å². The third kappa shape index (κ3) is 6.00. The highest BCUT2D eigenvalue weighted by molar-refractivity contribution is 5.93. The van der Waals surface area contributed by atoms with Crippen molar-refractivity contribution in [1.29, 1.82) is 0 Å². The van der Waals surface area contributed by atoms with Gasteiger partial charge in [-0.2, -0.15) is 0 Å². The van der Waals surface area contributed by atoms with Crippen LogP contribution in [0.3, 0.4) is 0 Å². The van der Waals surface area contributed by atoms with Gasteiger partial charge in [0.05, 0.1) is 5.54 Å². The number of fused-ring (bicyclic) bond motifs is 2. The Balaban J connectivity index is 1.59. The lowest BCUT2D eigenvalue weighted by atomic mass is 10.0. The number of likely N-dealkylation sites (N-methyl/N-ethyl adjacent to an activating group) is 1. The first-order valence-electron chi connectivity index (χ1n) is 12.4. The average molecular weight is 503 g/mol. The Morgan fingerprint density at radius 2 is 1.35 bits per heavy atom. The molecule has 0 fully saturated rings. The lowest BCUT2D eigenvalue weighted by Gasteiger charge is -2.28. The van der Waals surface area contributed by atoms with Crippen LogP contribution in [-0.4, -0.2) is 52.5 Å². The van der Waals surface area contributed by atoms with Gasteiger partial charge in [0.1, 0.15) is 12.2 Å². The van der Waals surface area contributed by atoms with Crippen LogP contribution >= 0.6 is 0 Å². The first-order valence-corrected chi connectivity index (χ1v) is 12.4. The average Bonchev–Trinajstić information content (AvgIpc) is 3.47. The Morgan fingerprint density at radius 3 is 1.89 bits per heavy atom. The Kier molecular flexibility index (Phi) is 7.63. The van der Waals surface area contributed by atoms with Gasteiger partial charge in [0.2, 0.25) is 17.7 Å². The van der Waals surface area contributed by atoms with Crippen LogP contribution in [0.4, 0.5) is 0 Å². The Hall–Kier alpha value is -4.11. The van der Waals surface area contributed by atoms with E-state index in [9.17, 15) is 14.4 Å². The molecule has 2 heterocycles. The monoisotopic (exact) mass is 502 g/mol. The number of hydrogen-bond acceptors (Lipinski definition) is 4. The maximum absolute atomic E-state index is 13.6. The molecule has 9 heteroatoms. The fourth-order valence-corrected chi connectivity index (χ4v) is 4.36. The molecule has 0 aliphatic rings. The first-order chi connectivity index (χ1) is 17.7. The zero-order valence-corrected chi connectivity index (χ0v) is 21.6. The number of amides is 3. The molecular formula is C28H34N6O3. The summed E-state index contributed by atoms with van der Waals surface area (Å²) in [7, 11) is 1.70. The second kappa shape index (κ2) is 10.9. The van der Waals surface area contributed by atoms with Crippen molar-refractivity contribution in [2.45, 2.75) is 51.4 Å². The summed E-state index contributed by atoms with van der Waals surface area (Å²) in [5, 5.41) is 13.7. The molecule has 0 spiro atoms. The minimum atomic E-state index is -0.875. The number of aromatic amines is 2. The van der Waals surface area contributed by atoms with E-state index in [0.29, 0.717) is 6.42 Å². The van der Waals surface area contributed by atoms with E-state index in [2.05, 4.69) is 31.2 Å². The van der Waals surface area contributed by atoms with Crippen molar-refractivity contribution >= 4 is 39.5 Å². The van der Waals surface area contributed by atoms with Crippen LogP contribution in [0.2, 0.25) is 0 Å². The third-order valence-corrected chi connectivity index (χ3v) is 6.71. The van der Waals surface area contributed by atoms with Crippen molar-refractivity contribution < 1.29 is 14.4 Å². The zero-order chi connectivity index (χ0) is 26.6. The minimum Gasteiger partial charge on any atom is -0.361 e. The number of rotatable bonds is 10. The zero-order valence-electron chi connectivity index (χ0n) is 21.6. The van der Waals surface area contributed by atoms with E-state index in [1.54, 1.807) is 20.9 Å². The van der Waals surface area contributed by atoms with Gasteiger partial charge in [-0.15, -0.1) is 0 Å². The molecule has 4 aromatic rings. The van der Waals surface area contributed by atoms with Gasteiger partial charge in [0.25, 0.3) is 0 Å². The third-order valence-electron chi connectivity index (χ3n) is 6.71. The summed E-state index contributed by atoms with van der Waals surface area (Å²) in [5.74, 6) is -0.953. The van der Waals surface area contributed by atoms with Gasteiger partial charge >= 0.3 is 0 Å². The van der Waals surface area contributed by atoms with Gasteiger partial charge in [-0.1, -0.05) is 36.4 Å². The molecule has 9 nitrogen and oxygen atoms in total. The standard InChI is InChI=1S/C28H34N6O3/c1-17(35)32-25(14-19-16-31-23-12-8-6-10-21(19)23)34-26(36)24(33-27(37)28(2,3)29-4)13-18-15-30-22-11-7-5-9-20(18)22/h5-12,15-16,24-25,29-31H,13-14H2,1-4H3,(H,32,35)(H,33,37)(H,34,36)/t24-,25-/m1/s1. The molecule has 0 aliphatic carbocycles. The van der Waals surface area contributed by atoms with Gasteiger partial charge in [-0.3, -0.25) is 14.4 Å². The van der Waals surface area contributed by atoms with E-state index in [-0.39, 0.29) is 24.1 Å². The number of carbonyl (C=O) groups is 3. The van der Waals surface area contributed by atoms with Crippen molar-refractivity contribution in [1.82, 2.24) is 31.2 Å². The second-order valence-electron chi connectivity index (χ2n) is 9.79. The number of hydrogen-bond donors (Lipinski definition) is 6. The molecule has 2 atom stereocenters. The molecule has 0 radical (unpaired) electrons. The maximum Gasteiger partial charge on any atom is 0.244 e. The first kappa shape index (κ1) is 26.0. The topological polar surface area (TPSA) is 131 Å².